The van der Waals surface area contributed by atoms with Crippen molar-refractivity contribution in [3.63, 3.8) is 0 Å². The Morgan fingerprint density at radius 2 is 2.00 bits per heavy atom. The molecule has 0 bridgehead atoms. The lowest BCUT2D eigenvalue weighted by molar-refractivity contribution is 0.245. The molecule has 1 unspecified atom stereocenters. The summed E-state index contributed by atoms with van der Waals surface area (Å²) < 4.78 is 0. The molecule has 0 saturated carbocycles. The molecule has 7 heteroatoms. The first-order valence-electron chi connectivity index (χ1n) is 9.02. The van der Waals surface area contributed by atoms with E-state index < -0.39 is 0 Å². The van der Waals surface area contributed by atoms with Crippen LogP contribution in [0.15, 0.2) is 4.99 Å². The average molecular weight is 482 g/mol. The number of aryl methyl sites for hydroxylation is 2. The van der Waals surface area contributed by atoms with Gasteiger partial charge in [-0.05, 0) is 45.4 Å². The zero-order valence-electron chi connectivity index (χ0n) is 16.3. The molecule has 5 nitrogen and oxygen atoms in total. The summed E-state index contributed by atoms with van der Waals surface area (Å²) >= 11 is 1.77. The molecular weight excluding hydrogens is 447 g/mol. The van der Waals surface area contributed by atoms with Crippen molar-refractivity contribution in [2.75, 3.05) is 26.2 Å². The lowest BCUT2D eigenvalue weighted by atomic mass is 9.94. The maximum atomic E-state index is 9.23. The van der Waals surface area contributed by atoms with Gasteiger partial charge in [0.05, 0.1) is 10.7 Å². The summed E-state index contributed by atoms with van der Waals surface area (Å²) in [6.07, 6.45) is 2.89. The lowest BCUT2D eigenvalue weighted by Gasteiger charge is -2.17. The summed E-state index contributed by atoms with van der Waals surface area (Å²) in [4.78, 5) is 10.5. The molecule has 25 heavy (non-hydrogen) atoms. The fourth-order valence-electron chi connectivity index (χ4n) is 2.79. The molecule has 0 aliphatic carbocycles. The maximum Gasteiger partial charge on any atom is 0.191 e. The van der Waals surface area contributed by atoms with Gasteiger partial charge in [0.15, 0.2) is 5.96 Å². The third-order valence-electron chi connectivity index (χ3n) is 3.84. The van der Waals surface area contributed by atoms with E-state index in [4.69, 9.17) is 4.99 Å². The van der Waals surface area contributed by atoms with Gasteiger partial charge in [0.2, 0.25) is 0 Å². The minimum Gasteiger partial charge on any atom is -0.396 e. The highest BCUT2D eigenvalue weighted by Gasteiger charge is 2.11. The smallest absolute Gasteiger partial charge is 0.191 e. The zero-order valence-corrected chi connectivity index (χ0v) is 19.4. The standard InChI is InChI=1S/C18H34N4OS.HI/c1-6-19-18(21-12-16(8-10-23)11-13(2)3)20-9-7-17-14(4)22-15(5)24-17;/h13,16,23H,6-12H2,1-5H3,(H2,19,20,21);1H. The molecule has 146 valence electrons. The van der Waals surface area contributed by atoms with E-state index in [0.29, 0.717) is 11.8 Å². The summed E-state index contributed by atoms with van der Waals surface area (Å²) in [5.74, 6) is 1.93. The van der Waals surface area contributed by atoms with Crippen LogP contribution in [0.4, 0.5) is 0 Å². The van der Waals surface area contributed by atoms with E-state index in [0.717, 1.165) is 55.6 Å². The van der Waals surface area contributed by atoms with Crippen LogP contribution in [0.2, 0.25) is 0 Å². The van der Waals surface area contributed by atoms with Crippen LogP contribution in [-0.2, 0) is 6.42 Å². The highest BCUT2D eigenvalue weighted by Crippen LogP contribution is 2.17. The largest absolute Gasteiger partial charge is 0.396 e. The van der Waals surface area contributed by atoms with Crippen molar-refractivity contribution in [2.45, 2.75) is 53.9 Å². The number of aromatic nitrogens is 1. The third-order valence-corrected chi connectivity index (χ3v) is 4.97. The molecule has 0 aromatic carbocycles. The van der Waals surface area contributed by atoms with Gasteiger partial charge in [-0.25, -0.2) is 4.98 Å². The molecule has 0 saturated heterocycles. The minimum absolute atomic E-state index is 0. The molecule has 0 aliphatic rings. The number of aliphatic hydroxyl groups is 1. The minimum atomic E-state index is 0. The topological polar surface area (TPSA) is 69.5 Å². The van der Waals surface area contributed by atoms with Crippen molar-refractivity contribution < 1.29 is 5.11 Å². The van der Waals surface area contributed by atoms with E-state index in [2.05, 4.69) is 50.2 Å². The normalized spacial score (nSPS) is 12.8. The number of halogens is 1. The van der Waals surface area contributed by atoms with Crippen LogP contribution in [0.3, 0.4) is 0 Å². The molecule has 0 radical (unpaired) electrons. The molecule has 1 atom stereocenters. The van der Waals surface area contributed by atoms with Gasteiger partial charge in [-0.15, -0.1) is 35.3 Å². The van der Waals surface area contributed by atoms with Crippen molar-refractivity contribution in [1.29, 1.82) is 0 Å². The van der Waals surface area contributed by atoms with Gasteiger partial charge in [-0.2, -0.15) is 0 Å². The Balaban J connectivity index is 0.00000576. The van der Waals surface area contributed by atoms with E-state index in [9.17, 15) is 5.11 Å². The van der Waals surface area contributed by atoms with Gasteiger partial charge in [-0.1, -0.05) is 13.8 Å². The molecular formula is C18H35IN4OS. The number of thiazole rings is 1. The number of hydrogen-bond acceptors (Lipinski definition) is 4. The Hall–Kier alpha value is -0.410. The molecule has 1 rings (SSSR count). The van der Waals surface area contributed by atoms with Gasteiger partial charge in [0.1, 0.15) is 0 Å². The van der Waals surface area contributed by atoms with Gasteiger partial charge >= 0.3 is 0 Å². The van der Waals surface area contributed by atoms with E-state index >= 15 is 0 Å². The van der Waals surface area contributed by atoms with Crippen LogP contribution >= 0.6 is 35.3 Å². The first-order valence-corrected chi connectivity index (χ1v) is 9.83. The Kier molecular flexibility index (Phi) is 13.5. The van der Waals surface area contributed by atoms with Crippen LogP contribution in [-0.4, -0.2) is 42.3 Å². The molecule has 0 fully saturated rings. The van der Waals surface area contributed by atoms with Crippen molar-refractivity contribution in [3.8, 4) is 0 Å². The van der Waals surface area contributed by atoms with E-state index in [-0.39, 0.29) is 30.6 Å². The van der Waals surface area contributed by atoms with Gasteiger partial charge in [-0.3, -0.25) is 4.99 Å². The first-order chi connectivity index (χ1) is 11.5. The van der Waals surface area contributed by atoms with Crippen LogP contribution in [0.1, 0.15) is 49.2 Å². The molecule has 1 heterocycles. The van der Waals surface area contributed by atoms with Gasteiger partial charge in [0.25, 0.3) is 0 Å². The second-order valence-electron chi connectivity index (χ2n) is 6.65. The predicted molar refractivity (Wildman–Crippen MR) is 119 cm³/mol. The predicted octanol–water partition coefficient (Wildman–Crippen LogP) is 3.52. The number of guanidine groups is 1. The SMILES string of the molecule is CCNC(=NCC(CCO)CC(C)C)NCCc1sc(C)nc1C.I. The van der Waals surface area contributed by atoms with Crippen molar-refractivity contribution >= 4 is 41.3 Å². The highest BCUT2D eigenvalue weighted by molar-refractivity contribution is 14.0. The molecule has 1 aromatic rings. The lowest BCUT2D eigenvalue weighted by Crippen LogP contribution is -2.38. The van der Waals surface area contributed by atoms with Crippen LogP contribution in [0, 0.1) is 25.7 Å². The summed E-state index contributed by atoms with van der Waals surface area (Å²) in [6.45, 7) is 13.3. The number of rotatable bonds is 10. The number of aliphatic hydroxyl groups excluding tert-OH is 1. The van der Waals surface area contributed by atoms with Crippen LogP contribution in [0.5, 0.6) is 0 Å². The van der Waals surface area contributed by atoms with Gasteiger partial charge in [0, 0.05) is 37.5 Å². The number of aliphatic imine (C=N–C) groups is 1. The highest BCUT2D eigenvalue weighted by atomic mass is 127. The number of hydrogen-bond donors (Lipinski definition) is 3. The molecule has 3 N–H and O–H groups in total. The molecule has 0 spiro atoms. The van der Waals surface area contributed by atoms with E-state index in [1.807, 2.05) is 0 Å². The summed E-state index contributed by atoms with van der Waals surface area (Å²) in [5.41, 5.74) is 1.14. The Morgan fingerprint density at radius 1 is 1.28 bits per heavy atom. The summed E-state index contributed by atoms with van der Waals surface area (Å²) in [6, 6.07) is 0. The van der Waals surface area contributed by atoms with Crippen LogP contribution in [0.25, 0.3) is 0 Å². The molecule has 0 aliphatic heterocycles. The fraction of sp³-hybridized carbons (Fsp3) is 0.778. The second-order valence-corrected chi connectivity index (χ2v) is 7.93. The Morgan fingerprint density at radius 3 is 2.52 bits per heavy atom. The fourth-order valence-corrected chi connectivity index (χ4v) is 3.73. The first kappa shape index (κ1) is 24.6. The van der Waals surface area contributed by atoms with E-state index in [1.165, 1.54) is 4.88 Å². The average Bonchev–Trinajstić information content (AvgIpc) is 2.82. The van der Waals surface area contributed by atoms with E-state index in [1.54, 1.807) is 11.3 Å². The van der Waals surface area contributed by atoms with Crippen molar-refractivity contribution in [2.24, 2.45) is 16.8 Å². The number of nitrogens with one attached hydrogen (secondary N) is 2. The monoisotopic (exact) mass is 482 g/mol. The second kappa shape index (κ2) is 13.7. The summed E-state index contributed by atoms with van der Waals surface area (Å²) in [7, 11) is 0. The quantitative estimate of drug-likeness (QED) is 0.271. The van der Waals surface area contributed by atoms with Crippen LogP contribution < -0.4 is 10.6 Å². The Bertz CT molecular complexity index is 505. The summed E-state index contributed by atoms with van der Waals surface area (Å²) in [5, 5.41) is 17.1. The van der Waals surface area contributed by atoms with Crippen molar-refractivity contribution in [1.82, 2.24) is 15.6 Å². The van der Waals surface area contributed by atoms with Crippen molar-refractivity contribution in [3.05, 3.63) is 15.6 Å². The third kappa shape index (κ3) is 10.4. The maximum absolute atomic E-state index is 9.23. The number of nitrogens with zero attached hydrogens (tertiary/aromatic N) is 2. The van der Waals surface area contributed by atoms with Gasteiger partial charge < -0.3 is 15.7 Å². The Labute approximate surface area is 174 Å². The molecule has 1 aromatic heterocycles. The zero-order chi connectivity index (χ0) is 17.9. The molecule has 0 amide bonds.